The first-order chi connectivity index (χ1) is 10.7. The molecule has 23 heavy (non-hydrogen) atoms. The molecule has 0 radical (unpaired) electrons. The molecule has 2 amide bonds. The number of halogens is 4. The van der Waals surface area contributed by atoms with Crippen molar-refractivity contribution in [2.24, 2.45) is 0 Å². The summed E-state index contributed by atoms with van der Waals surface area (Å²) in [5, 5.41) is -0.107. The van der Waals surface area contributed by atoms with E-state index in [2.05, 4.69) is 0 Å². The number of aryl methyl sites for hydroxylation is 1. The van der Waals surface area contributed by atoms with Crippen molar-refractivity contribution in [2.45, 2.75) is 13.1 Å². The number of anilines is 1. The van der Waals surface area contributed by atoms with E-state index in [1.54, 1.807) is 13.0 Å². The molecule has 2 aromatic rings. The highest BCUT2D eigenvalue weighted by Gasteiger charge is 2.39. The van der Waals surface area contributed by atoms with Gasteiger partial charge >= 0.3 is 6.18 Å². The Morgan fingerprint density at radius 3 is 2.26 bits per heavy atom. The number of nitrogens with zero attached hydrogens (tertiary/aromatic N) is 1. The lowest BCUT2D eigenvalue weighted by molar-refractivity contribution is -0.137. The molecule has 3 rings (SSSR count). The smallest absolute Gasteiger partial charge is 0.268 e. The summed E-state index contributed by atoms with van der Waals surface area (Å²) < 4.78 is 38.6. The second kappa shape index (κ2) is 5.09. The SMILES string of the molecule is Cc1ccc2c(c1)C(=O)N(c1cc(C(F)(F)F)ccc1Cl)C2=O. The fourth-order valence-electron chi connectivity index (χ4n) is 2.43. The van der Waals surface area contributed by atoms with Crippen LogP contribution in [-0.4, -0.2) is 11.8 Å². The molecule has 1 aliphatic rings. The maximum atomic E-state index is 12.9. The second-order valence-electron chi connectivity index (χ2n) is 5.16. The van der Waals surface area contributed by atoms with Crippen LogP contribution in [0.15, 0.2) is 36.4 Å². The number of carbonyl (C=O) groups excluding carboxylic acids is 2. The maximum Gasteiger partial charge on any atom is 0.416 e. The third kappa shape index (κ3) is 2.49. The summed E-state index contributed by atoms with van der Waals surface area (Å²) >= 11 is 5.92. The van der Waals surface area contributed by atoms with Gasteiger partial charge in [-0.2, -0.15) is 13.2 Å². The fraction of sp³-hybridized carbons (Fsp3) is 0.125. The number of rotatable bonds is 1. The summed E-state index contributed by atoms with van der Waals surface area (Å²) in [6.07, 6.45) is -4.60. The Morgan fingerprint density at radius 1 is 0.957 bits per heavy atom. The number of fused-ring (bicyclic) bond motifs is 1. The van der Waals surface area contributed by atoms with E-state index in [0.717, 1.165) is 17.7 Å². The van der Waals surface area contributed by atoms with Crippen LogP contribution < -0.4 is 4.90 Å². The molecule has 0 fully saturated rings. The molecular formula is C16H9ClF3NO2. The number of hydrogen-bond donors (Lipinski definition) is 0. The molecule has 0 saturated heterocycles. The Morgan fingerprint density at radius 2 is 1.61 bits per heavy atom. The first-order valence-corrected chi connectivity index (χ1v) is 6.94. The van der Waals surface area contributed by atoms with Gasteiger partial charge in [0.1, 0.15) is 0 Å². The Kier molecular flexibility index (Phi) is 3.44. The van der Waals surface area contributed by atoms with Crippen LogP contribution in [-0.2, 0) is 6.18 Å². The molecule has 1 aliphatic heterocycles. The average Bonchev–Trinajstić information content (AvgIpc) is 2.70. The standard InChI is InChI=1S/C16H9ClF3NO2/c1-8-2-4-10-11(6-8)15(23)21(14(10)22)13-7-9(16(18,19)20)3-5-12(13)17/h2-7H,1H3. The lowest BCUT2D eigenvalue weighted by atomic mass is 10.1. The van der Waals surface area contributed by atoms with Gasteiger partial charge in [0, 0.05) is 0 Å². The van der Waals surface area contributed by atoms with Gasteiger partial charge in [-0.1, -0.05) is 23.2 Å². The van der Waals surface area contributed by atoms with Gasteiger partial charge in [-0.25, -0.2) is 4.90 Å². The van der Waals surface area contributed by atoms with Crippen LogP contribution in [0, 0.1) is 6.92 Å². The second-order valence-corrected chi connectivity index (χ2v) is 5.57. The molecule has 0 spiro atoms. The van der Waals surface area contributed by atoms with Crippen molar-refractivity contribution in [3.8, 4) is 0 Å². The zero-order chi connectivity index (χ0) is 16.9. The molecule has 7 heteroatoms. The molecular weight excluding hydrogens is 331 g/mol. The summed E-state index contributed by atoms with van der Waals surface area (Å²) in [6.45, 7) is 1.75. The summed E-state index contributed by atoms with van der Waals surface area (Å²) in [6, 6.07) is 7.18. The van der Waals surface area contributed by atoms with E-state index >= 15 is 0 Å². The van der Waals surface area contributed by atoms with Crippen molar-refractivity contribution >= 4 is 29.1 Å². The van der Waals surface area contributed by atoms with Gasteiger partial charge in [0.25, 0.3) is 11.8 Å². The van der Waals surface area contributed by atoms with Crippen LogP contribution in [0.1, 0.15) is 31.8 Å². The molecule has 0 bridgehead atoms. The summed E-state index contributed by atoms with van der Waals surface area (Å²) in [5.41, 5.74) is -0.186. The van der Waals surface area contributed by atoms with Crippen molar-refractivity contribution in [3.63, 3.8) is 0 Å². The van der Waals surface area contributed by atoms with E-state index in [4.69, 9.17) is 11.6 Å². The molecule has 0 aromatic heterocycles. The Labute approximate surface area is 134 Å². The summed E-state index contributed by atoms with van der Waals surface area (Å²) in [4.78, 5) is 25.5. The lowest BCUT2D eigenvalue weighted by Crippen LogP contribution is -2.30. The lowest BCUT2D eigenvalue weighted by Gasteiger charge is -2.17. The van der Waals surface area contributed by atoms with Crippen molar-refractivity contribution < 1.29 is 22.8 Å². The normalized spacial score (nSPS) is 14.4. The zero-order valence-electron chi connectivity index (χ0n) is 11.7. The van der Waals surface area contributed by atoms with Crippen molar-refractivity contribution in [1.29, 1.82) is 0 Å². The minimum atomic E-state index is -4.60. The molecule has 1 heterocycles. The van der Waals surface area contributed by atoms with Gasteiger partial charge in [-0.3, -0.25) is 9.59 Å². The largest absolute Gasteiger partial charge is 0.416 e. The van der Waals surface area contributed by atoms with Gasteiger partial charge in [0.2, 0.25) is 0 Å². The predicted octanol–water partition coefficient (Wildman–Crippen LogP) is 4.47. The van der Waals surface area contributed by atoms with Crippen LogP contribution in [0.3, 0.4) is 0 Å². The van der Waals surface area contributed by atoms with Gasteiger partial charge in [0.05, 0.1) is 27.4 Å². The maximum absolute atomic E-state index is 12.9. The van der Waals surface area contributed by atoms with E-state index in [0.29, 0.717) is 11.0 Å². The predicted molar refractivity (Wildman–Crippen MR) is 78.8 cm³/mol. The van der Waals surface area contributed by atoms with Crippen LogP contribution >= 0.6 is 11.6 Å². The minimum Gasteiger partial charge on any atom is -0.268 e. The number of benzene rings is 2. The Hall–Kier alpha value is -2.34. The highest BCUT2D eigenvalue weighted by atomic mass is 35.5. The third-order valence-corrected chi connectivity index (χ3v) is 3.88. The first-order valence-electron chi connectivity index (χ1n) is 6.56. The quantitative estimate of drug-likeness (QED) is 0.719. The summed E-state index contributed by atoms with van der Waals surface area (Å²) in [7, 11) is 0. The minimum absolute atomic E-state index is 0.107. The van der Waals surface area contributed by atoms with Gasteiger partial charge in [-0.05, 0) is 37.3 Å². The number of carbonyl (C=O) groups is 2. The molecule has 2 aromatic carbocycles. The molecule has 0 N–H and O–H groups in total. The fourth-order valence-corrected chi connectivity index (χ4v) is 2.64. The highest BCUT2D eigenvalue weighted by molar-refractivity contribution is 6.39. The first kappa shape index (κ1) is 15.6. The Bertz CT molecular complexity index is 846. The number of hydrogen-bond acceptors (Lipinski definition) is 2. The van der Waals surface area contributed by atoms with Crippen LogP contribution in [0.5, 0.6) is 0 Å². The van der Waals surface area contributed by atoms with Gasteiger partial charge in [-0.15, -0.1) is 0 Å². The van der Waals surface area contributed by atoms with E-state index in [1.165, 1.54) is 12.1 Å². The molecule has 0 atom stereocenters. The van der Waals surface area contributed by atoms with Crippen LogP contribution in [0.2, 0.25) is 5.02 Å². The van der Waals surface area contributed by atoms with Crippen molar-refractivity contribution in [1.82, 2.24) is 0 Å². The van der Waals surface area contributed by atoms with E-state index in [1.807, 2.05) is 0 Å². The van der Waals surface area contributed by atoms with Crippen molar-refractivity contribution in [3.05, 3.63) is 63.7 Å². The average molecular weight is 340 g/mol. The molecule has 0 unspecified atom stereocenters. The number of amides is 2. The van der Waals surface area contributed by atoms with Crippen LogP contribution in [0.4, 0.5) is 18.9 Å². The van der Waals surface area contributed by atoms with Crippen molar-refractivity contribution in [2.75, 3.05) is 4.90 Å². The number of imide groups is 1. The monoisotopic (exact) mass is 339 g/mol. The Balaban J connectivity index is 2.14. The third-order valence-electron chi connectivity index (χ3n) is 3.56. The van der Waals surface area contributed by atoms with Crippen LogP contribution in [0.25, 0.3) is 0 Å². The highest BCUT2D eigenvalue weighted by Crippen LogP contribution is 2.38. The molecule has 3 nitrogen and oxygen atoms in total. The van der Waals surface area contributed by atoms with Gasteiger partial charge < -0.3 is 0 Å². The molecule has 0 saturated carbocycles. The molecule has 0 aliphatic carbocycles. The molecule has 118 valence electrons. The van der Waals surface area contributed by atoms with E-state index in [9.17, 15) is 22.8 Å². The summed E-state index contributed by atoms with van der Waals surface area (Å²) in [5.74, 6) is -1.37. The zero-order valence-corrected chi connectivity index (χ0v) is 12.5. The van der Waals surface area contributed by atoms with Gasteiger partial charge in [0.15, 0.2) is 0 Å². The van der Waals surface area contributed by atoms with E-state index in [-0.39, 0.29) is 21.8 Å². The number of alkyl halides is 3. The topological polar surface area (TPSA) is 37.4 Å². The van der Waals surface area contributed by atoms with E-state index < -0.39 is 23.6 Å².